The van der Waals surface area contributed by atoms with Gasteiger partial charge in [0.1, 0.15) is 11.6 Å². The number of hydrogen-bond donors (Lipinski definition) is 3. The van der Waals surface area contributed by atoms with Crippen LogP contribution in [0.4, 0.5) is 11.4 Å². The number of carboxylic acids is 1. The number of nitrogens with two attached hydrogens (primary N) is 1. The van der Waals surface area contributed by atoms with Gasteiger partial charge in [-0.25, -0.2) is 0 Å². The van der Waals surface area contributed by atoms with Crippen LogP contribution >= 0.6 is 0 Å². The van der Waals surface area contributed by atoms with Crippen LogP contribution in [0.15, 0.2) is 36.0 Å². The van der Waals surface area contributed by atoms with Gasteiger partial charge in [0.15, 0.2) is 0 Å². The molecule has 1 fully saturated rings. The van der Waals surface area contributed by atoms with Crippen LogP contribution in [0.1, 0.15) is 12.8 Å². The number of nitriles is 1. The fourth-order valence-electron chi connectivity index (χ4n) is 2.38. The molecule has 4 N–H and O–H groups in total. The molecule has 1 saturated heterocycles. The van der Waals surface area contributed by atoms with Gasteiger partial charge in [0.05, 0.1) is 5.92 Å². The van der Waals surface area contributed by atoms with E-state index in [0.29, 0.717) is 37.3 Å². The Morgan fingerprint density at radius 3 is 2.43 bits per heavy atom. The number of rotatable bonds is 4. The van der Waals surface area contributed by atoms with Crippen LogP contribution in [-0.2, 0) is 9.59 Å². The average molecular weight is 314 g/mol. The molecule has 1 amide bonds. The summed E-state index contributed by atoms with van der Waals surface area (Å²) in [5, 5.41) is 21.0. The second-order valence-corrected chi connectivity index (χ2v) is 5.34. The second kappa shape index (κ2) is 7.31. The van der Waals surface area contributed by atoms with E-state index < -0.39 is 11.9 Å². The number of nitrogens with one attached hydrogen (secondary N) is 1. The van der Waals surface area contributed by atoms with E-state index in [0.717, 1.165) is 0 Å². The van der Waals surface area contributed by atoms with E-state index in [1.165, 1.54) is 11.1 Å². The summed E-state index contributed by atoms with van der Waals surface area (Å²) in [6.45, 7) is 0.688. The highest BCUT2D eigenvalue weighted by atomic mass is 16.4. The number of piperidine rings is 1. The number of anilines is 2. The van der Waals surface area contributed by atoms with E-state index in [1.54, 1.807) is 24.3 Å². The molecule has 0 aromatic heterocycles. The molecule has 1 aromatic carbocycles. The Kier molecular flexibility index (Phi) is 5.20. The maximum Gasteiger partial charge on any atom is 0.306 e. The molecule has 1 aromatic rings. The first kappa shape index (κ1) is 16.4. The van der Waals surface area contributed by atoms with Crippen LogP contribution in [0, 0.1) is 17.2 Å². The largest absolute Gasteiger partial charge is 0.481 e. The monoisotopic (exact) mass is 314 g/mol. The average Bonchev–Trinajstić information content (AvgIpc) is 2.57. The van der Waals surface area contributed by atoms with Crippen LogP contribution in [0.5, 0.6) is 0 Å². The SMILES string of the molecule is N#C/C(=C/Nc1ccc(N)cc1)C(=O)N1CCC(C(=O)O)CC1. The number of benzene rings is 1. The lowest BCUT2D eigenvalue weighted by Crippen LogP contribution is -2.40. The quantitative estimate of drug-likeness (QED) is 0.439. The zero-order valence-corrected chi connectivity index (χ0v) is 12.5. The zero-order valence-electron chi connectivity index (χ0n) is 12.5. The Morgan fingerprint density at radius 1 is 1.30 bits per heavy atom. The van der Waals surface area contributed by atoms with E-state index in [4.69, 9.17) is 16.1 Å². The van der Waals surface area contributed by atoms with Crippen molar-refractivity contribution in [3.8, 4) is 6.07 Å². The van der Waals surface area contributed by atoms with Crippen LogP contribution in [0.3, 0.4) is 0 Å². The molecule has 1 aliphatic rings. The van der Waals surface area contributed by atoms with Crippen molar-refractivity contribution in [3.63, 3.8) is 0 Å². The molecule has 120 valence electrons. The third-order valence-electron chi connectivity index (χ3n) is 3.78. The first-order valence-corrected chi connectivity index (χ1v) is 7.25. The number of hydrogen-bond acceptors (Lipinski definition) is 5. The van der Waals surface area contributed by atoms with Gasteiger partial charge in [-0.05, 0) is 37.1 Å². The lowest BCUT2D eigenvalue weighted by atomic mass is 9.97. The van der Waals surface area contributed by atoms with Crippen LogP contribution < -0.4 is 11.1 Å². The van der Waals surface area contributed by atoms with E-state index in [9.17, 15) is 9.59 Å². The van der Waals surface area contributed by atoms with Gasteiger partial charge in [0, 0.05) is 30.7 Å². The maximum atomic E-state index is 12.3. The summed E-state index contributed by atoms with van der Waals surface area (Å²) in [7, 11) is 0. The Labute approximate surface area is 134 Å². The Hall–Kier alpha value is -3.01. The summed E-state index contributed by atoms with van der Waals surface area (Å²) >= 11 is 0. The van der Waals surface area contributed by atoms with Gasteiger partial charge in [0.25, 0.3) is 5.91 Å². The Morgan fingerprint density at radius 2 is 1.91 bits per heavy atom. The third kappa shape index (κ3) is 4.23. The number of amides is 1. The predicted octanol–water partition coefficient (Wildman–Crippen LogP) is 1.41. The van der Waals surface area contributed by atoms with Crippen molar-refractivity contribution < 1.29 is 14.7 Å². The number of carboxylic acid groups (broad SMARTS) is 1. The van der Waals surface area contributed by atoms with E-state index in [-0.39, 0.29) is 11.5 Å². The van der Waals surface area contributed by atoms with E-state index in [2.05, 4.69) is 5.32 Å². The molecule has 1 aliphatic heterocycles. The molecule has 23 heavy (non-hydrogen) atoms. The van der Waals surface area contributed by atoms with Gasteiger partial charge >= 0.3 is 5.97 Å². The fraction of sp³-hybridized carbons (Fsp3) is 0.312. The molecular weight excluding hydrogens is 296 g/mol. The van der Waals surface area contributed by atoms with Crippen molar-refractivity contribution in [3.05, 3.63) is 36.0 Å². The van der Waals surface area contributed by atoms with Gasteiger partial charge < -0.3 is 21.1 Å². The summed E-state index contributed by atoms with van der Waals surface area (Å²) in [6, 6.07) is 8.78. The molecule has 0 atom stereocenters. The summed E-state index contributed by atoms with van der Waals surface area (Å²) in [5.41, 5.74) is 6.91. The van der Waals surface area contributed by atoms with Crippen molar-refractivity contribution in [2.24, 2.45) is 5.92 Å². The predicted molar refractivity (Wildman–Crippen MR) is 85.1 cm³/mol. The van der Waals surface area contributed by atoms with Gasteiger partial charge in [-0.2, -0.15) is 5.26 Å². The normalized spacial score (nSPS) is 15.8. The maximum absolute atomic E-state index is 12.3. The Bertz CT molecular complexity index is 653. The summed E-state index contributed by atoms with van der Waals surface area (Å²) in [4.78, 5) is 24.7. The molecule has 0 saturated carbocycles. The number of nitrogens with zero attached hydrogens (tertiary/aromatic N) is 2. The van der Waals surface area contributed by atoms with Crippen molar-refractivity contribution in [1.82, 2.24) is 4.90 Å². The molecular formula is C16H18N4O3. The van der Waals surface area contributed by atoms with Crippen LogP contribution in [0.25, 0.3) is 0 Å². The minimum atomic E-state index is -0.835. The first-order chi connectivity index (χ1) is 11.0. The molecule has 1 heterocycles. The second-order valence-electron chi connectivity index (χ2n) is 5.34. The minimum absolute atomic E-state index is 0.0180. The van der Waals surface area contributed by atoms with E-state index >= 15 is 0 Å². The first-order valence-electron chi connectivity index (χ1n) is 7.25. The zero-order chi connectivity index (χ0) is 16.8. The fourth-order valence-corrected chi connectivity index (χ4v) is 2.38. The van der Waals surface area contributed by atoms with Gasteiger partial charge in [0.2, 0.25) is 0 Å². The highest BCUT2D eigenvalue weighted by molar-refractivity contribution is 5.97. The summed E-state index contributed by atoms with van der Waals surface area (Å²) < 4.78 is 0. The van der Waals surface area contributed by atoms with Crippen molar-refractivity contribution in [2.75, 3.05) is 24.1 Å². The molecule has 0 aliphatic carbocycles. The molecule has 7 nitrogen and oxygen atoms in total. The highest BCUT2D eigenvalue weighted by Gasteiger charge is 2.28. The van der Waals surface area contributed by atoms with Gasteiger partial charge in [-0.15, -0.1) is 0 Å². The number of likely N-dealkylation sites (tertiary alicyclic amines) is 1. The molecule has 2 rings (SSSR count). The Balaban J connectivity index is 1.99. The number of carbonyl (C=O) groups is 2. The van der Waals surface area contributed by atoms with E-state index in [1.807, 2.05) is 6.07 Å². The number of aliphatic carboxylic acids is 1. The summed E-state index contributed by atoms with van der Waals surface area (Å²) in [6.07, 6.45) is 2.17. The third-order valence-corrected chi connectivity index (χ3v) is 3.78. The minimum Gasteiger partial charge on any atom is -0.481 e. The standard InChI is InChI=1S/C16H18N4O3/c17-9-12(10-19-14-3-1-13(18)2-4-14)15(21)20-7-5-11(6-8-20)16(22)23/h1-4,10-11,19H,5-8,18H2,(H,22,23)/b12-10-. The molecule has 7 heteroatoms. The topological polar surface area (TPSA) is 119 Å². The summed E-state index contributed by atoms with van der Waals surface area (Å²) in [5.74, 6) is -1.64. The van der Waals surface area contributed by atoms with Crippen LogP contribution in [-0.4, -0.2) is 35.0 Å². The number of carbonyl (C=O) groups excluding carboxylic acids is 1. The molecule has 0 bridgehead atoms. The number of nitrogen functional groups attached to an aromatic ring is 1. The molecule has 0 unspecified atom stereocenters. The van der Waals surface area contributed by atoms with Gasteiger partial charge in [-0.3, -0.25) is 9.59 Å². The van der Waals surface area contributed by atoms with Crippen molar-refractivity contribution in [1.29, 1.82) is 5.26 Å². The van der Waals surface area contributed by atoms with Crippen molar-refractivity contribution in [2.45, 2.75) is 12.8 Å². The smallest absolute Gasteiger partial charge is 0.306 e. The molecule has 0 spiro atoms. The molecule has 0 radical (unpaired) electrons. The van der Waals surface area contributed by atoms with Crippen LogP contribution in [0.2, 0.25) is 0 Å². The highest BCUT2D eigenvalue weighted by Crippen LogP contribution is 2.19. The lowest BCUT2D eigenvalue weighted by molar-refractivity contribution is -0.145. The van der Waals surface area contributed by atoms with Gasteiger partial charge in [-0.1, -0.05) is 0 Å². The lowest BCUT2D eigenvalue weighted by Gasteiger charge is -2.29. The van der Waals surface area contributed by atoms with Crippen molar-refractivity contribution >= 4 is 23.3 Å².